The highest BCUT2D eigenvalue weighted by Crippen LogP contribution is 2.22. The van der Waals surface area contributed by atoms with E-state index in [9.17, 15) is 9.60 Å². The van der Waals surface area contributed by atoms with Crippen molar-refractivity contribution >= 4 is 11.5 Å². The van der Waals surface area contributed by atoms with Gasteiger partial charge in [-0.3, -0.25) is 10.7 Å². The van der Waals surface area contributed by atoms with Gasteiger partial charge in [-0.1, -0.05) is 24.4 Å². The number of ether oxygens (including phenoxy) is 1. The third-order valence-electron chi connectivity index (χ3n) is 4.28. The molecule has 8 heteroatoms. The quantitative estimate of drug-likeness (QED) is 0.488. The number of nitrogens with one attached hydrogen (secondary N) is 1. The Labute approximate surface area is 144 Å². The summed E-state index contributed by atoms with van der Waals surface area (Å²) in [5.74, 6) is -0.253. The van der Waals surface area contributed by atoms with Crippen LogP contribution in [0.15, 0.2) is 27.8 Å². The molecule has 0 bridgehead atoms. The van der Waals surface area contributed by atoms with Crippen molar-refractivity contribution in [2.75, 3.05) is 0 Å². The van der Waals surface area contributed by atoms with Gasteiger partial charge in [-0.2, -0.15) is 0 Å². The second-order valence-electron chi connectivity index (χ2n) is 6.14. The van der Waals surface area contributed by atoms with Gasteiger partial charge in [0.15, 0.2) is 11.5 Å². The summed E-state index contributed by atoms with van der Waals surface area (Å²) in [7, 11) is 0. The first-order valence-corrected chi connectivity index (χ1v) is 8.35. The summed E-state index contributed by atoms with van der Waals surface area (Å²) in [6, 6.07) is 4.39. The average Bonchev–Trinajstić information content (AvgIpc) is 3.10. The van der Waals surface area contributed by atoms with Crippen molar-refractivity contribution in [3.05, 3.63) is 41.0 Å². The summed E-state index contributed by atoms with van der Waals surface area (Å²) < 4.78 is 24.0. The lowest BCUT2D eigenvalue weighted by molar-refractivity contribution is 0.0140. The molecule has 0 spiro atoms. The largest absolute Gasteiger partial charge is 0.372 e. The van der Waals surface area contributed by atoms with E-state index in [-0.39, 0.29) is 30.1 Å². The van der Waals surface area contributed by atoms with Crippen LogP contribution in [0.4, 0.5) is 10.1 Å². The molecule has 1 aliphatic carbocycles. The minimum absolute atomic E-state index is 0.0644. The van der Waals surface area contributed by atoms with Crippen molar-refractivity contribution in [1.82, 2.24) is 15.8 Å². The van der Waals surface area contributed by atoms with E-state index in [1.807, 2.05) is 5.48 Å². The Kier molecular flexibility index (Phi) is 5.72. The third-order valence-corrected chi connectivity index (χ3v) is 4.28. The number of amidine groups is 1. The van der Waals surface area contributed by atoms with Crippen LogP contribution in [0, 0.1) is 12.7 Å². The van der Waals surface area contributed by atoms with Crippen LogP contribution >= 0.6 is 0 Å². The van der Waals surface area contributed by atoms with Gasteiger partial charge in [0.1, 0.15) is 11.5 Å². The summed E-state index contributed by atoms with van der Waals surface area (Å²) in [5.41, 5.74) is 3.64. The maximum atomic E-state index is 13.4. The van der Waals surface area contributed by atoms with Crippen LogP contribution < -0.4 is 5.48 Å². The van der Waals surface area contributed by atoms with E-state index in [4.69, 9.17) is 9.37 Å². The molecule has 1 aliphatic rings. The second kappa shape index (κ2) is 8.17. The van der Waals surface area contributed by atoms with Crippen molar-refractivity contribution in [3.63, 3.8) is 0 Å². The number of hydrogen-bond acceptors (Lipinski definition) is 6. The fraction of sp³-hybridized carbons (Fsp3) is 0.471. The Balaban J connectivity index is 1.75. The molecule has 1 fully saturated rings. The van der Waals surface area contributed by atoms with Crippen LogP contribution in [0.2, 0.25) is 0 Å². The van der Waals surface area contributed by atoms with E-state index >= 15 is 0 Å². The maximum Gasteiger partial charge on any atom is 0.182 e. The first kappa shape index (κ1) is 17.5. The highest BCUT2D eigenvalue weighted by atomic mass is 19.1. The number of aliphatic imine (C=N–C) groups is 1. The van der Waals surface area contributed by atoms with Gasteiger partial charge in [0.2, 0.25) is 0 Å². The highest BCUT2D eigenvalue weighted by Gasteiger charge is 2.20. The minimum Gasteiger partial charge on any atom is -0.372 e. The number of hydrogen-bond donors (Lipinski definition) is 2. The molecule has 0 atom stereocenters. The van der Waals surface area contributed by atoms with Crippen molar-refractivity contribution in [2.24, 2.45) is 4.99 Å². The van der Waals surface area contributed by atoms with E-state index in [1.165, 1.54) is 31.4 Å². The van der Waals surface area contributed by atoms with Crippen molar-refractivity contribution in [3.8, 4) is 0 Å². The summed E-state index contributed by atoms with van der Waals surface area (Å²) in [4.78, 5) is 4.25. The molecule has 0 aliphatic heterocycles. The molecule has 25 heavy (non-hydrogen) atoms. The predicted molar refractivity (Wildman–Crippen MR) is 88.2 cm³/mol. The summed E-state index contributed by atoms with van der Waals surface area (Å²) in [6.07, 6.45) is 5.87. The minimum atomic E-state index is -0.317. The van der Waals surface area contributed by atoms with Crippen molar-refractivity contribution < 1.29 is 19.0 Å². The van der Waals surface area contributed by atoms with Gasteiger partial charge in [0, 0.05) is 0 Å². The molecule has 0 saturated heterocycles. The zero-order valence-electron chi connectivity index (χ0n) is 14.0. The second-order valence-corrected chi connectivity index (χ2v) is 6.14. The van der Waals surface area contributed by atoms with Gasteiger partial charge in [-0.15, -0.1) is 0 Å². The molecule has 1 aromatic heterocycles. The molecule has 1 saturated carbocycles. The van der Waals surface area contributed by atoms with Gasteiger partial charge in [0.05, 0.1) is 18.4 Å². The molecule has 134 valence electrons. The molecule has 7 nitrogen and oxygen atoms in total. The van der Waals surface area contributed by atoms with Crippen LogP contribution in [0.3, 0.4) is 0 Å². The first-order chi connectivity index (χ1) is 12.2. The SMILES string of the molecule is Cc1cc(N=C(NO)c2nonc2COC2CCCCC2)ccc1F. The fourth-order valence-corrected chi connectivity index (χ4v) is 2.87. The highest BCUT2D eigenvalue weighted by molar-refractivity contribution is 5.98. The monoisotopic (exact) mass is 348 g/mol. The predicted octanol–water partition coefficient (Wildman–Crippen LogP) is 3.42. The van der Waals surface area contributed by atoms with Crippen LogP contribution in [-0.2, 0) is 11.3 Å². The Morgan fingerprint density at radius 3 is 2.88 bits per heavy atom. The number of aromatic nitrogens is 2. The maximum absolute atomic E-state index is 13.4. The zero-order chi connectivity index (χ0) is 17.6. The smallest absolute Gasteiger partial charge is 0.182 e. The van der Waals surface area contributed by atoms with E-state index in [2.05, 4.69) is 15.3 Å². The topological polar surface area (TPSA) is 92.8 Å². The number of hydroxylamine groups is 1. The van der Waals surface area contributed by atoms with Gasteiger partial charge >= 0.3 is 0 Å². The normalized spacial score (nSPS) is 16.2. The standard InChI is InChI=1S/C17H21FN4O3/c1-11-9-12(7-8-14(11)18)19-17(20-23)16-15(21-25-22-16)10-24-13-5-3-2-4-6-13/h7-9,13,23H,2-6,10H2,1H3,(H,19,20). The van der Waals surface area contributed by atoms with E-state index < -0.39 is 0 Å². The lowest BCUT2D eigenvalue weighted by Crippen LogP contribution is -2.23. The van der Waals surface area contributed by atoms with Crippen LogP contribution in [-0.4, -0.2) is 27.5 Å². The number of aryl methyl sites for hydroxylation is 1. The lowest BCUT2D eigenvalue weighted by Gasteiger charge is -2.21. The molecule has 2 aromatic rings. The fourth-order valence-electron chi connectivity index (χ4n) is 2.87. The van der Waals surface area contributed by atoms with E-state index in [0.29, 0.717) is 16.9 Å². The first-order valence-electron chi connectivity index (χ1n) is 8.35. The van der Waals surface area contributed by atoms with Crippen molar-refractivity contribution in [2.45, 2.75) is 51.7 Å². The molecular formula is C17H21FN4O3. The lowest BCUT2D eigenvalue weighted by atomic mass is 9.98. The van der Waals surface area contributed by atoms with Crippen LogP contribution in [0.5, 0.6) is 0 Å². The molecule has 0 radical (unpaired) electrons. The van der Waals surface area contributed by atoms with Crippen LogP contribution in [0.1, 0.15) is 49.1 Å². The van der Waals surface area contributed by atoms with Crippen molar-refractivity contribution in [1.29, 1.82) is 0 Å². The Hall–Kier alpha value is -2.32. The average molecular weight is 348 g/mol. The summed E-state index contributed by atoms with van der Waals surface area (Å²) in [5, 5.41) is 17.1. The van der Waals surface area contributed by atoms with Crippen LogP contribution in [0.25, 0.3) is 0 Å². The van der Waals surface area contributed by atoms with Gasteiger partial charge in [-0.05, 0) is 48.7 Å². The Morgan fingerprint density at radius 2 is 2.16 bits per heavy atom. The van der Waals surface area contributed by atoms with Gasteiger partial charge in [-0.25, -0.2) is 14.0 Å². The zero-order valence-corrected chi connectivity index (χ0v) is 14.0. The molecule has 0 amide bonds. The number of halogens is 1. The molecule has 3 rings (SSSR count). The Morgan fingerprint density at radius 1 is 1.36 bits per heavy atom. The molecule has 2 N–H and O–H groups in total. The third kappa shape index (κ3) is 4.40. The number of nitrogens with zero attached hydrogens (tertiary/aromatic N) is 3. The molecular weight excluding hydrogens is 327 g/mol. The molecule has 1 aromatic carbocycles. The number of rotatable bonds is 5. The summed E-state index contributed by atoms with van der Waals surface area (Å²) >= 11 is 0. The molecule has 1 heterocycles. The molecule has 0 unspecified atom stereocenters. The van der Waals surface area contributed by atoms with E-state index in [1.54, 1.807) is 13.0 Å². The van der Waals surface area contributed by atoms with Gasteiger partial charge < -0.3 is 4.74 Å². The Bertz CT molecular complexity index is 741. The summed E-state index contributed by atoms with van der Waals surface area (Å²) in [6.45, 7) is 1.87. The number of benzene rings is 1. The van der Waals surface area contributed by atoms with E-state index in [0.717, 1.165) is 12.8 Å². The van der Waals surface area contributed by atoms with Gasteiger partial charge in [0.25, 0.3) is 0 Å².